The molecular weight excluding hydrogens is 277 g/mol. The van der Waals surface area contributed by atoms with Crippen LogP contribution in [0.3, 0.4) is 0 Å². The quantitative estimate of drug-likeness (QED) is 0.832. The number of rotatable bonds is 3. The second kappa shape index (κ2) is 4.96. The highest BCUT2D eigenvalue weighted by Gasteiger charge is 2.53. The first-order chi connectivity index (χ1) is 9.97. The van der Waals surface area contributed by atoms with E-state index in [0.717, 1.165) is 5.56 Å². The van der Waals surface area contributed by atoms with E-state index in [1.165, 1.54) is 12.1 Å². The van der Waals surface area contributed by atoms with Gasteiger partial charge in [0.05, 0.1) is 23.8 Å². The van der Waals surface area contributed by atoms with Crippen LogP contribution in [0, 0.1) is 24.6 Å². The Kier molecular flexibility index (Phi) is 3.25. The molecule has 0 saturated carbocycles. The molecule has 2 aliphatic heterocycles. The smallest absolute Gasteiger partial charge is 0.310 e. The SMILES string of the molecule is Cc1ccc(F)c(NC(=O)C2C3C=CC(O3)C2C(=O)O)c1. The molecule has 21 heavy (non-hydrogen) atoms. The summed E-state index contributed by atoms with van der Waals surface area (Å²) in [4.78, 5) is 23.6. The molecule has 4 unspecified atom stereocenters. The normalized spacial score (nSPS) is 29.6. The Morgan fingerprint density at radius 1 is 1.24 bits per heavy atom. The number of nitrogens with one attached hydrogen (secondary N) is 1. The van der Waals surface area contributed by atoms with Crippen LogP contribution in [-0.2, 0) is 14.3 Å². The fraction of sp³-hybridized carbons (Fsp3) is 0.333. The summed E-state index contributed by atoms with van der Waals surface area (Å²) >= 11 is 0. The molecule has 2 bridgehead atoms. The van der Waals surface area contributed by atoms with Crippen molar-refractivity contribution < 1.29 is 23.8 Å². The number of aryl methyl sites for hydroxylation is 1. The van der Waals surface area contributed by atoms with Gasteiger partial charge in [-0.15, -0.1) is 0 Å². The molecule has 1 amide bonds. The van der Waals surface area contributed by atoms with Crippen LogP contribution >= 0.6 is 0 Å². The molecule has 0 aromatic heterocycles. The number of carboxylic acid groups (broad SMARTS) is 1. The van der Waals surface area contributed by atoms with E-state index in [2.05, 4.69) is 5.32 Å². The maximum atomic E-state index is 13.7. The monoisotopic (exact) mass is 291 g/mol. The van der Waals surface area contributed by atoms with Crippen LogP contribution in [0.1, 0.15) is 5.56 Å². The molecule has 1 fully saturated rings. The minimum atomic E-state index is -1.09. The lowest BCUT2D eigenvalue weighted by atomic mass is 9.82. The number of halogens is 1. The van der Waals surface area contributed by atoms with Crippen molar-refractivity contribution in [2.75, 3.05) is 5.32 Å². The van der Waals surface area contributed by atoms with E-state index in [0.29, 0.717) is 0 Å². The van der Waals surface area contributed by atoms with Gasteiger partial charge in [-0.1, -0.05) is 18.2 Å². The lowest BCUT2D eigenvalue weighted by Gasteiger charge is -2.21. The predicted molar refractivity (Wildman–Crippen MR) is 72.2 cm³/mol. The largest absolute Gasteiger partial charge is 0.481 e. The lowest BCUT2D eigenvalue weighted by Crippen LogP contribution is -2.39. The topological polar surface area (TPSA) is 75.6 Å². The van der Waals surface area contributed by atoms with E-state index < -0.39 is 41.7 Å². The van der Waals surface area contributed by atoms with E-state index in [9.17, 15) is 19.1 Å². The van der Waals surface area contributed by atoms with Crippen molar-refractivity contribution in [3.05, 3.63) is 41.7 Å². The van der Waals surface area contributed by atoms with Gasteiger partial charge >= 0.3 is 5.97 Å². The van der Waals surface area contributed by atoms with Crippen LogP contribution in [-0.4, -0.2) is 29.2 Å². The van der Waals surface area contributed by atoms with E-state index in [1.54, 1.807) is 25.1 Å². The molecular formula is C15H14FNO4. The number of benzene rings is 1. The average Bonchev–Trinajstić information content (AvgIpc) is 3.03. The summed E-state index contributed by atoms with van der Waals surface area (Å²) in [7, 11) is 0. The number of carbonyl (C=O) groups excluding carboxylic acids is 1. The second-order valence-electron chi connectivity index (χ2n) is 5.31. The highest BCUT2D eigenvalue weighted by atomic mass is 19.1. The fourth-order valence-corrected chi connectivity index (χ4v) is 2.87. The third-order valence-corrected chi connectivity index (χ3v) is 3.87. The zero-order valence-electron chi connectivity index (χ0n) is 11.2. The fourth-order valence-electron chi connectivity index (χ4n) is 2.87. The molecule has 2 heterocycles. The molecule has 2 N–H and O–H groups in total. The number of hydrogen-bond acceptors (Lipinski definition) is 3. The first-order valence-corrected chi connectivity index (χ1v) is 6.61. The zero-order chi connectivity index (χ0) is 15.1. The Morgan fingerprint density at radius 2 is 1.90 bits per heavy atom. The van der Waals surface area contributed by atoms with Crippen LogP contribution in [0.4, 0.5) is 10.1 Å². The van der Waals surface area contributed by atoms with E-state index in [4.69, 9.17) is 4.74 Å². The summed E-state index contributed by atoms with van der Waals surface area (Å²) in [5.41, 5.74) is 0.849. The molecule has 2 aliphatic rings. The Labute approximate surface area is 120 Å². The highest BCUT2D eigenvalue weighted by molar-refractivity contribution is 5.96. The maximum absolute atomic E-state index is 13.7. The molecule has 1 saturated heterocycles. The third-order valence-electron chi connectivity index (χ3n) is 3.87. The Bertz CT molecular complexity index is 643. The first kappa shape index (κ1) is 13.8. The Balaban J connectivity index is 1.83. The first-order valence-electron chi connectivity index (χ1n) is 6.61. The molecule has 5 nitrogen and oxygen atoms in total. The summed E-state index contributed by atoms with van der Waals surface area (Å²) < 4.78 is 19.1. The number of fused-ring (bicyclic) bond motifs is 2. The molecule has 6 heteroatoms. The van der Waals surface area contributed by atoms with Gasteiger partial charge in [-0.3, -0.25) is 9.59 Å². The van der Waals surface area contributed by atoms with Crippen LogP contribution in [0.5, 0.6) is 0 Å². The molecule has 1 aromatic rings. The molecule has 1 aromatic carbocycles. The van der Waals surface area contributed by atoms with Crippen LogP contribution in [0.2, 0.25) is 0 Å². The molecule has 0 aliphatic carbocycles. The van der Waals surface area contributed by atoms with Gasteiger partial charge in [0.2, 0.25) is 5.91 Å². The standard InChI is InChI=1S/C15H14FNO4/c1-7-2-3-8(16)9(6-7)17-14(18)12-10-4-5-11(21-10)13(12)15(19)20/h2-6,10-13H,1H3,(H,17,18)(H,19,20). The van der Waals surface area contributed by atoms with Crippen molar-refractivity contribution in [1.29, 1.82) is 0 Å². The summed E-state index contributed by atoms with van der Waals surface area (Å²) in [6.07, 6.45) is 2.18. The number of aliphatic carboxylic acids is 1. The third kappa shape index (κ3) is 2.31. The van der Waals surface area contributed by atoms with Gasteiger partial charge < -0.3 is 15.2 Å². The number of hydrogen-bond donors (Lipinski definition) is 2. The van der Waals surface area contributed by atoms with Crippen LogP contribution in [0.15, 0.2) is 30.4 Å². The van der Waals surface area contributed by atoms with Gasteiger partial charge in [0.1, 0.15) is 11.7 Å². The number of carbonyl (C=O) groups is 2. The highest BCUT2D eigenvalue weighted by Crippen LogP contribution is 2.40. The van der Waals surface area contributed by atoms with E-state index in [1.807, 2.05) is 0 Å². The summed E-state index contributed by atoms with van der Waals surface area (Å²) in [6, 6.07) is 4.36. The van der Waals surface area contributed by atoms with E-state index >= 15 is 0 Å². The molecule has 3 rings (SSSR count). The maximum Gasteiger partial charge on any atom is 0.310 e. The van der Waals surface area contributed by atoms with Crippen molar-refractivity contribution in [1.82, 2.24) is 0 Å². The molecule has 110 valence electrons. The Morgan fingerprint density at radius 3 is 2.57 bits per heavy atom. The van der Waals surface area contributed by atoms with E-state index in [-0.39, 0.29) is 5.69 Å². The van der Waals surface area contributed by atoms with Gasteiger partial charge in [0.15, 0.2) is 0 Å². The average molecular weight is 291 g/mol. The van der Waals surface area contributed by atoms with Gasteiger partial charge in [-0.25, -0.2) is 4.39 Å². The lowest BCUT2D eigenvalue weighted by molar-refractivity contribution is -0.145. The minimum absolute atomic E-state index is 0.0518. The number of ether oxygens (including phenoxy) is 1. The van der Waals surface area contributed by atoms with Crippen molar-refractivity contribution in [3.8, 4) is 0 Å². The van der Waals surface area contributed by atoms with Gasteiger partial charge in [-0.05, 0) is 24.6 Å². The number of amides is 1. The summed E-state index contributed by atoms with van der Waals surface area (Å²) in [5.74, 6) is -3.97. The van der Waals surface area contributed by atoms with Crippen molar-refractivity contribution in [2.45, 2.75) is 19.1 Å². The summed E-state index contributed by atoms with van der Waals surface area (Å²) in [6.45, 7) is 1.78. The number of anilines is 1. The Hall–Kier alpha value is -2.21. The minimum Gasteiger partial charge on any atom is -0.481 e. The van der Waals surface area contributed by atoms with Gasteiger partial charge in [-0.2, -0.15) is 0 Å². The molecule has 4 atom stereocenters. The van der Waals surface area contributed by atoms with Crippen LogP contribution in [0.25, 0.3) is 0 Å². The molecule has 0 spiro atoms. The van der Waals surface area contributed by atoms with Gasteiger partial charge in [0, 0.05) is 0 Å². The predicted octanol–water partition coefficient (Wildman–Crippen LogP) is 1.73. The summed E-state index contributed by atoms with van der Waals surface area (Å²) in [5, 5.41) is 11.7. The van der Waals surface area contributed by atoms with Crippen LogP contribution < -0.4 is 5.32 Å². The van der Waals surface area contributed by atoms with Crippen molar-refractivity contribution >= 4 is 17.6 Å². The number of carboxylic acids is 1. The molecule has 0 radical (unpaired) electrons. The van der Waals surface area contributed by atoms with Crippen molar-refractivity contribution in [2.24, 2.45) is 11.8 Å². The van der Waals surface area contributed by atoms with Gasteiger partial charge in [0.25, 0.3) is 0 Å². The van der Waals surface area contributed by atoms with Crippen molar-refractivity contribution in [3.63, 3.8) is 0 Å². The second-order valence-corrected chi connectivity index (χ2v) is 5.31. The zero-order valence-corrected chi connectivity index (χ0v) is 11.2.